The Balaban J connectivity index is 1.45. The quantitative estimate of drug-likeness (QED) is 0.248. The van der Waals surface area contributed by atoms with Crippen molar-refractivity contribution in [3.8, 4) is 0 Å². The number of ether oxygens (including phenoxy) is 2. The van der Waals surface area contributed by atoms with Gasteiger partial charge in [-0.1, -0.05) is 43.5 Å². The number of aromatic nitrogens is 2. The number of pyridine rings is 1. The Hall–Kier alpha value is -3.08. The van der Waals surface area contributed by atoms with Crippen LogP contribution in [-0.4, -0.2) is 49.0 Å². The van der Waals surface area contributed by atoms with Gasteiger partial charge in [-0.2, -0.15) is 0 Å². The van der Waals surface area contributed by atoms with Crippen LogP contribution in [0.4, 0.5) is 22.0 Å². The van der Waals surface area contributed by atoms with Crippen molar-refractivity contribution in [1.82, 2.24) is 9.97 Å². The van der Waals surface area contributed by atoms with Gasteiger partial charge < -0.3 is 19.7 Å². The first-order valence-corrected chi connectivity index (χ1v) is 13.8. The van der Waals surface area contributed by atoms with Crippen molar-refractivity contribution in [1.29, 1.82) is 0 Å². The van der Waals surface area contributed by atoms with E-state index in [4.69, 9.17) is 14.5 Å². The highest BCUT2D eigenvalue weighted by Gasteiger charge is 2.14. The van der Waals surface area contributed by atoms with Crippen LogP contribution in [0.2, 0.25) is 0 Å². The maximum Gasteiger partial charge on any atom is 0.411 e. The molecule has 1 amide bonds. The van der Waals surface area contributed by atoms with Crippen molar-refractivity contribution >= 4 is 46.4 Å². The fraction of sp³-hybridized carbons (Fsp3) is 0.346. The lowest BCUT2D eigenvalue weighted by Gasteiger charge is -2.29. The molecule has 0 aliphatic carbocycles. The summed E-state index contributed by atoms with van der Waals surface area (Å²) in [6, 6.07) is 11.9. The summed E-state index contributed by atoms with van der Waals surface area (Å²) < 4.78 is 11.6. The van der Waals surface area contributed by atoms with Crippen LogP contribution in [0.1, 0.15) is 23.9 Å². The van der Waals surface area contributed by atoms with Crippen LogP contribution in [0.5, 0.6) is 0 Å². The Kier molecular flexibility index (Phi) is 9.60. The molecule has 0 atom stereocenters. The third-order valence-electron chi connectivity index (χ3n) is 5.46. The number of morpholine rings is 1. The third-order valence-corrected chi connectivity index (χ3v) is 7.56. The van der Waals surface area contributed by atoms with Crippen LogP contribution in [0.25, 0.3) is 0 Å². The summed E-state index contributed by atoms with van der Waals surface area (Å²) in [7, 11) is 0. The lowest BCUT2D eigenvalue weighted by molar-refractivity contribution is 0.122. The first kappa shape index (κ1) is 26.0. The zero-order chi connectivity index (χ0) is 25.2. The van der Waals surface area contributed by atoms with Crippen molar-refractivity contribution in [3.05, 3.63) is 71.4 Å². The fourth-order valence-corrected chi connectivity index (χ4v) is 5.45. The third kappa shape index (κ3) is 7.71. The Labute approximate surface area is 220 Å². The number of anilines is 3. The van der Waals surface area contributed by atoms with Gasteiger partial charge in [0.05, 0.1) is 24.6 Å². The van der Waals surface area contributed by atoms with Crippen molar-refractivity contribution in [2.45, 2.75) is 30.0 Å². The van der Waals surface area contributed by atoms with Gasteiger partial charge in [0.1, 0.15) is 16.8 Å². The van der Waals surface area contributed by atoms with Crippen LogP contribution in [0.3, 0.4) is 0 Å². The highest BCUT2D eigenvalue weighted by Crippen LogP contribution is 2.29. The zero-order valence-electron chi connectivity index (χ0n) is 20.4. The minimum atomic E-state index is -0.506. The molecule has 190 valence electrons. The Morgan fingerprint density at radius 3 is 2.89 bits per heavy atom. The highest BCUT2D eigenvalue weighted by molar-refractivity contribution is 8.00. The fourth-order valence-electron chi connectivity index (χ4n) is 3.63. The molecule has 3 heterocycles. The van der Waals surface area contributed by atoms with Crippen LogP contribution in [0, 0.1) is 0 Å². The van der Waals surface area contributed by atoms with Crippen molar-refractivity contribution in [2.24, 2.45) is 0 Å². The topological polar surface area (TPSA) is 88.6 Å². The number of amides is 1. The van der Waals surface area contributed by atoms with E-state index in [-0.39, 0.29) is 6.61 Å². The standard InChI is InChI=1S/C26H31N5O3S2/c1-3-10-34-25(32)29-21-7-5-6-19(13-21)16-27-24-15-23(31-8-11-33-12-9-31)14-22(28-24)18-36-26-30-20(4-2)17-35-26/h3,5-7,13-15,17H,1,4,8-12,16,18H2,2H3,(H,27,28)(H,29,32). The molecule has 1 aliphatic rings. The number of aryl methyl sites for hydroxylation is 1. The summed E-state index contributed by atoms with van der Waals surface area (Å²) in [5.41, 5.74) is 4.96. The SMILES string of the molecule is C=CCOC(=O)Nc1cccc(CNc2cc(N3CCOCC3)cc(CSc3nc(CC)cs3)n2)c1. The molecule has 0 bridgehead atoms. The zero-order valence-corrected chi connectivity index (χ0v) is 22.0. The van der Waals surface area contributed by atoms with Gasteiger partial charge in [-0.15, -0.1) is 11.3 Å². The number of carbonyl (C=O) groups excluding carboxylic acids is 1. The normalized spacial score (nSPS) is 13.3. The van der Waals surface area contributed by atoms with Crippen LogP contribution in [-0.2, 0) is 28.2 Å². The van der Waals surface area contributed by atoms with E-state index in [9.17, 15) is 4.79 Å². The summed E-state index contributed by atoms with van der Waals surface area (Å²) >= 11 is 3.40. The second kappa shape index (κ2) is 13.3. The molecule has 0 spiro atoms. The Morgan fingerprint density at radius 2 is 2.11 bits per heavy atom. The second-order valence-corrected chi connectivity index (χ2v) is 10.2. The molecule has 36 heavy (non-hydrogen) atoms. The molecule has 0 unspecified atom stereocenters. The van der Waals surface area contributed by atoms with Gasteiger partial charge in [-0.3, -0.25) is 5.32 Å². The lowest BCUT2D eigenvalue weighted by Crippen LogP contribution is -2.36. The van der Waals surface area contributed by atoms with Gasteiger partial charge in [0.25, 0.3) is 0 Å². The van der Waals surface area contributed by atoms with Crippen molar-refractivity contribution in [2.75, 3.05) is 48.4 Å². The average molecular weight is 526 g/mol. The summed E-state index contributed by atoms with van der Waals surface area (Å²) in [6.45, 7) is 9.57. The van der Waals surface area contributed by atoms with E-state index in [1.165, 1.54) is 6.08 Å². The molecule has 1 aliphatic heterocycles. The van der Waals surface area contributed by atoms with Gasteiger partial charge in [0.2, 0.25) is 0 Å². The number of hydrogen-bond acceptors (Lipinski definition) is 9. The minimum Gasteiger partial charge on any atom is -0.445 e. The summed E-state index contributed by atoms with van der Waals surface area (Å²) in [6.07, 6.45) is 1.97. The number of carbonyl (C=O) groups is 1. The Bertz CT molecular complexity index is 1160. The largest absolute Gasteiger partial charge is 0.445 e. The molecule has 3 aromatic rings. The van der Waals surface area contributed by atoms with Gasteiger partial charge in [0.15, 0.2) is 0 Å². The molecule has 8 nitrogen and oxygen atoms in total. The van der Waals surface area contributed by atoms with E-state index in [0.29, 0.717) is 12.2 Å². The maximum atomic E-state index is 11.8. The van der Waals surface area contributed by atoms with Gasteiger partial charge >= 0.3 is 6.09 Å². The van der Waals surface area contributed by atoms with Gasteiger partial charge in [0, 0.05) is 48.2 Å². The molecule has 4 rings (SSSR count). The van der Waals surface area contributed by atoms with E-state index in [1.807, 2.05) is 24.3 Å². The smallest absolute Gasteiger partial charge is 0.411 e. The number of nitrogens with zero attached hydrogens (tertiary/aromatic N) is 3. The summed E-state index contributed by atoms with van der Waals surface area (Å²) in [5, 5.41) is 8.31. The number of rotatable bonds is 11. The minimum absolute atomic E-state index is 0.168. The van der Waals surface area contributed by atoms with Gasteiger partial charge in [-0.25, -0.2) is 14.8 Å². The average Bonchev–Trinajstić information content (AvgIpc) is 3.38. The molecular formula is C26H31N5O3S2. The maximum absolute atomic E-state index is 11.8. The number of thioether (sulfide) groups is 1. The number of benzene rings is 1. The predicted octanol–water partition coefficient (Wildman–Crippen LogP) is 5.58. The Morgan fingerprint density at radius 1 is 1.25 bits per heavy atom. The molecule has 1 saturated heterocycles. The molecule has 2 aromatic heterocycles. The van der Waals surface area contributed by atoms with E-state index in [1.54, 1.807) is 23.1 Å². The van der Waals surface area contributed by atoms with Crippen LogP contribution < -0.4 is 15.5 Å². The lowest BCUT2D eigenvalue weighted by atomic mass is 10.2. The van der Waals surface area contributed by atoms with Crippen LogP contribution in [0.15, 0.2) is 58.8 Å². The molecule has 2 N–H and O–H groups in total. The van der Waals surface area contributed by atoms with E-state index >= 15 is 0 Å². The molecule has 0 radical (unpaired) electrons. The first-order valence-electron chi connectivity index (χ1n) is 11.9. The number of thiazole rings is 1. The van der Waals surface area contributed by atoms with Crippen LogP contribution >= 0.6 is 23.1 Å². The molecule has 0 saturated carbocycles. The van der Waals surface area contributed by atoms with E-state index in [0.717, 1.165) is 71.3 Å². The predicted molar refractivity (Wildman–Crippen MR) is 147 cm³/mol. The van der Waals surface area contributed by atoms with Gasteiger partial charge in [-0.05, 0) is 30.2 Å². The monoisotopic (exact) mass is 525 g/mol. The number of hydrogen-bond donors (Lipinski definition) is 2. The molecule has 1 fully saturated rings. The highest BCUT2D eigenvalue weighted by atomic mass is 32.2. The van der Waals surface area contributed by atoms with E-state index in [2.05, 4.69) is 51.5 Å². The van der Waals surface area contributed by atoms with Crippen molar-refractivity contribution in [3.63, 3.8) is 0 Å². The summed E-state index contributed by atoms with van der Waals surface area (Å²) in [4.78, 5) is 23.7. The molecule has 1 aromatic carbocycles. The van der Waals surface area contributed by atoms with Crippen molar-refractivity contribution < 1.29 is 14.3 Å². The molecular weight excluding hydrogens is 494 g/mol. The summed E-state index contributed by atoms with van der Waals surface area (Å²) in [5.74, 6) is 1.56. The first-order chi connectivity index (χ1) is 17.6. The number of nitrogens with one attached hydrogen (secondary N) is 2. The second-order valence-electron chi connectivity index (χ2n) is 8.11. The molecule has 10 heteroatoms. The van der Waals surface area contributed by atoms with E-state index < -0.39 is 6.09 Å².